The van der Waals surface area contributed by atoms with Crippen LogP contribution in [0.5, 0.6) is 11.5 Å². The van der Waals surface area contributed by atoms with E-state index in [0.29, 0.717) is 41.2 Å². The molecule has 2 saturated heterocycles. The van der Waals surface area contributed by atoms with E-state index < -0.39 is 35.0 Å². The summed E-state index contributed by atoms with van der Waals surface area (Å²) in [5.74, 6) is -4.80. The van der Waals surface area contributed by atoms with Gasteiger partial charge in [-0.2, -0.15) is 0 Å². The van der Waals surface area contributed by atoms with E-state index in [0.717, 1.165) is 24.4 Å². The molecule has 6 atom stereocenters. The van der Waals surface area contributed by atoms with Crippen molar-refractivity contribution >= 4 is 51.9 Å². The van der Waals surface area contributed by atoms with Gasteiger partial charge in [-0.25, -0.2) is 0 Å². The Hall–Kier alpha value is -5.51. The molecule has 0 bridgehead atoms. The van der Waals surface area contributed by atoms with Crippen molar-refractivity contribution in [1.82, 2.24) is 0 Å². The Kier molecular flexibility index (Phi) is 8.74. The molecule has 2 heterocycles. The molecule has 4 aromatic rings. The predicted molar refractivity (Wildman–Crippen MR) is 208 cm³/mol. The van der Waals surface area contributed by atoms with Crippen LogP contribution < -0.4 is 14.5 Å². The van der Waals surface area contributed by atoms with Gasteiger partial charge in [0.25, 0.3) is 0 Å². The summed E-state index contributed by atoms with van der Waals surface area (Å²) < 4.78 is 11.1. The van der Waals surface area contributed by atoms with Gasteiger partial charge >= 0.3 is 0 Å². The van der Waals surface area contributed by atoms with Gasteiger partial charge in [-0.15, -0.1) is 0 Å². The summed E-state index contributed by atoms with van der Waals surface area (Å²) >= 11 is 6.68. The maximum Gasteiger partial charge on any atom is 0.238 e. The van der Waals surface area contributed by atoms with Crippen LogP contribution in [0, 0.1) is 23.7 Å². The maximum absolute atomic E-state index is 15.3. The number of rotatable bonds is 6. The summed E-state index contributed by atoms with van der Waals surface area (Å²) in [4.78, 5) is 63.0. The van der Waals surface area contributed by atoms with Crippen LogP contribution in [0.25, 0.3) is 5.57 Å². The number of methoxy groups -OCH3 is 1. The number of aromatic hydroxyl groups is 1. The molecule has 1 N–H and O–H groups in total. The monoisotopic (exact) mass is 754 g/mol. The first-order valence-corrected chi connectivity index (χ1v) is 19.1. The number of hydrogen-bond donors (Lipinski definition) is 1. The Balaban J connectivity index is 1.21. The van der Waals surface area contributed by atoms with Crippen molar-refractivity contribution in [2.24, 2.45) is 23.7 Å². The quantitative estimate of drug-likeness (QED) is 0.167. The average Bonchev–Trinajstić information content (AvgIpc) is 3.49. The highest BCUT2D eigenvalue weighted by atomic mass is 35.5. The molecule has 10 heteroatoms. The van der Waals surface area contributed by atoms with Gasteiger partial charge in [-0.1, -0.05) is 83.9 Å². The number of imide groups is 1. The van der Waals surface area contributed by atoms with E-state index in [-0.39, 0.29) is 52.7 Å². The van der Waals surface area contributed by atoms with Crippen LogP contribution in [-0.4, -0.2) is 61.9 Å². The van der Waals surface area contributed by atoms with Gasteiger partial charge in [-0.3, -0.25) is 24.1 Å². The van der Waals surface area contributed by atoms with E-state index in [9.17, 15) is 14.7 Å². The fraction of sp³-hybridized carbons (Fsp3) is 0.289. The predicted octanol–water partition coefficient (Wildman–Crippen LogP) is 6.92. The van der Waals surface area contributed by atoms with Crippen LogP contribution in [0.1, 0.15) is 35.4 Å². The van der Waals surface area contributed by atoms with Crippen LogP contribution in [0.4, 0.5) is 11.4 Å². The van der Waals surface area contributed by atoms with E-state index in [4.69, 9.17) is 21.1 Å². The number of fused-ring (bicyclic) bond motifs is 4. The summed E-state index contributed by atoms with van der Waals surface area (Å²) in [5, 5.41) is 10.9. The molecule has 9 rings (SSSR count). The topological polar surface area (TPSA) is 113 Å². The zero-order valence-corrected chi connectivity index (χ0v) is 30.9. The molecule has 0 unspecified atom stereocenters. The van der Waals surface area contributed by atoms with E-state index in [2.05, 4.69) is 4.90 Å². The fourth-order valence-corrected chi connectivity index (χ4v) is 10.3. The maximum atomic E-state index is 15.3. The van der Waals surface area contributed by atoms with Gasteiger partial charge in [0.2, 0.25) is 11.8 Å². The second-order valence-corrected chi connectivity index (χ2v) is 15.4. The third-order valence-corrected chi connectivity index (χ3v) is 12.8. The lowest BCUT2D eigenvalue weighted by molar-refractivity contribution is -0.135. The molecular weight excluding hydrogens is 716 g/mol. The minimum atomic E-state index is -1.43. The van der Waals surface area contributed by atoms with Crippen molar-refractivity contribution in [1.29, 1.82) is 0 Å². The molecule has 5 aliphatic rings. The number of ether oxygens (including phenoxy) is 2. The summed E-state index contributed by atoms with van der Waals surface area (Å²) in [6.07, 6.45) is 3.95. The van der Waals surface area contributed by atoms with Gasteiger partial charge < -0.3 is 19.5 Å². The van der Waals surface area contributed by atoms with Crippen LogP contribution >= 0.6 is 11.6 Å². The lowest BCUT2D eigenvalue weighted by atomic mass is 9.44. The first kappa shape index (κ1) is 35.2. The van der Waals surface area contributed by atoms with Crippen molar-refractivity contribution in [3.05, 3.63) is 137 Å². The van der Waals surface area contributed by atoms with Crippen molar-refractivity contribution in [2.75, 3.05) is 43.2 Å². The molecule has 0 radical (unpaired) electrons. The van der Waals surface area contributed by atoms with Gasteiger partial charge in [0.15, 0.2) is 23.1 Å². The molecule has 0 aromatic heterocycles. The minimum absolute atomic E-state index is 0.0273. The van der Waals surface area contributed by atoms with Crippen LogP contribution in [0.2, 0.25) is 5.02 Å². The molecule has 1 saturated carbocycles. The van der Waals surface area contributed by atoms with E-state index in [1.54, 1.807) is 12.1 Å². The fourth-order valence-electron chi connectivity index (χ4n) is 10.1. The summed E-state index contributed by atoms with van der Waals surface area (Å²) in [5.41, 5.74) is 3.03. The zero-order valence-electron chi connectivity index (χ0n) is 30.2. The second kappa shape index (κ2) is 13.7. The number of carbonyl (C=O) groups excluding carboxylic acids is 4. The molecule has 0 spiro atoms. The van der Waals surface area contributed by atoms with Crippen molar-refractivity contribution < 1.29 is 33.8 Å². The third kappa shape index (κ3) is 5.39. The van der Waals surface area contributed by atoms with Gasteiger partial charge in [-0.05, 0) is 77.9 Å². The first-order valence-electron chi connectivity index (χ1n) is 18.7. The Labute approximate surface area is 323 Å². The molecule has 2 amide bonds. The first-order chi connectivity index (χ1) is 26.7. The summed E-state index contributed by atoms with van der Waals surface area (Å²) in [7, 11) is 1.42. The number of amides is 2. The lowest BCUT2D eigenvalue weighted by Gasteiger charge is -2.55. The largest absolute Gasteiger partial charge is 0.503 e. The molecule has 3 fully saturated rings. The molecular formula is C45H39ClN2O7. The lowest BCUT2D eigenvalue weighted by Crippen LogP contribution is -2.58. The molecule has 9 nitrogen and oxygen atoms in total. The molecule has 55 heavy (non-hydrogen) atoms. The molecule has 2 aliphatic heterocycles. The number of Topliss-reactive ketones (excluding diaryl/α,β-unsaturated/α-hetero) is 1. The van der Waals surface area contributed by atoms with E-state index in [1.807, 2.05) is 91.0 Å². The number of morpholine rings is 1. The number of phenolic OH excluding ortho intramolecular Hbond substituents is 1. The number of anilines is 2. The van der Waals surface area contributed by atoms with E-state index >= 15 is 9.59 Å². The highest BCUT2D eigenvalue weighted by Crippen LogP contribution is 2.64. The standard InChI is InChI=1S/C45H39ClN2O7/c1-54-37-23-27(22-36(46)42(37)51)40-31-16-17-32-39(44(53)48(43(32)52)30-14-12-29(13-15-30)47-18-20-55-21-19-47)34(31)24-35-41(50)33(26-8-4-2-5-9-26)25-38(49)45(35,40)28-10-6-3-7-11-28/h2-16,22-23,25,32,34-35,39-40,51H,17-21,24H2,1H3/t32-,34+,35-,39-,40-,45-/m0/s1. The Morgan fingerprint density at radius 1 is 0.836 bits per heavy atom. The summed E-state index contributed by atoms with van der Waals surface area (Å²) in [6.45, 7) is 2.79. The number of halogens is 1. The van der Waals surface area contributed by atoms with Crippen molar-refractivity contribution in [2.45, 2.75) is 24.2 Å². The van der Waals surface area contributed by atoms with Gasteiger partial charge in [0, 0.05) is 36.2 Å². The summed E-state index contributed by atoms with van der Waals surface area (Å²) in [6, 6.07) is 29.3. The number of carbonyl (C=O) groups is 4. The normalized spacial score (nSPS) is 27.6. The van der Waals surface area contributed by atoms with Gasteiger partial charge in [0.1, 0.15) is 0 Å². The zero-order chi connectivity index (χ0) is 38.0. The second-order valence-electron chi connectivity index (χ2n) is 15.0. The molecule has 4 aromatic carbocycles. The average molecular weight is 755 g/mol. The van der Waals surface area contributed by atoms with Gasteiger partial charge in [0.05, 0.1) is 48.3 Å². The number of ketones is 2. The van der Waals surface area contributed by atoms with Crippen molar-refractivity contribution in [3.8, 4) is 11.5 Å². The Bertz CT molecular complexity index is 2280. The Morgan fingerprint density at radius 2 is 1.51 bits per heavy atom. The smallest absolute Gasteiger partial charge is 0.238 e. The van der Waals surface area contributed by atoms with Crippen LogP contribution in [0.15, 0.2) is 115 Å². The third-order valence-electron chi connectivity index (χ3n) is 12.5. The highest BCUT2D eigenvalue weighted by molar-refractivity contribution is 6.33. The number of allylic oxidation sites excluding steroid dienone is 4. The van der Waals surface area contributed by atoms with E-state index in [1.165, 1.54) is 18.1 Å². The van der Waals surface area contributed by atoms with Crippen LogP contribution in [0.3, 0.4) is 0 Å². The highest BCUT2D eigenvalue weighted by Gasteiger charge is 2.66. The minimum Gasteiger partial charge on any atom is -0.503 e. The molecule has 278 valence electrons. The number of phenols is 1. The number of nitrogens with zero attached hydrogens (tertiary/aromatic N) is 2. The number of hydrogen-bond acceptors (Lipinski definition) is 8. The van der Waals surface area contributed by atoms with Crippen molar-refractivity contribution in [3.63, 3.8) is 0 Å². The Morgan fingerprint density at radius 3 is 2.20 bits per heavy atom. The SMILES string of the molecule is COc1cc([C@H]2C3=CC[C@@H]4C(=O)N(c5ccc(N6CCOCC6)cc5)C(=O)[C@@H]4[C@@H]3C[C@H]3C(=O)C(c4ccccc4)=CC(=O)[C@@]23c2ccccc2)cc(Cl)c1O. The molecule has 3 aliphatic carbocycles. The van der Waals surface area contributed by atoms with Crippen LogP contribution in [-0.2, 0) is 29.3 Å². The number of benzene rings is 4.